The lowest BCUT2D eigenvalue weighted by atomic mass is 9.99. The van der Waals surface area contributed by atoms with Crippen LogP contribution in [0.4, 0.5) is 0 Å². The summed E-state index contributed by atoms with van der Waals surface area (Å²) in [5.74, 6) is 0.423. The molecule has 1 aromatic rings. The van der Waals surface area contributed by atoms with Gasteiger partial charge in [-0.15, -0.1) is 11.3 Å². The Morgan fingerprint density at radius 1 is 1.69 bits per heavy atom. The smallest absolute Gasteiger partial charge is 0.205 e. The molecule has 0 spiro atoms. The molecule has 1 N–H and O–H groups in total. The van der Waals surface area contributed by atoms with Crippen LogP contribution in [-0.4, -0.2) is 47.0 Å². The molecular formula is C11H16N2O2S. The molecule has 1 atom stereocenters. The van der Waals surface area contributed by atoms with Crippen molar-refractivity contribution in [1.82, 2.24) is 9.88 Å². The van der Waals surface area contributed by atoms with E-state index >= 15 is 0 Å². The number of piperidine rings is 1. The van der Waals surface area contributed by atoms with Gasteiger partial charge in [0.1, 0.15) is 0 Å². The van der Waals surface area contributed by atoms with Crippen LogP contribution >= 0.6 is 11.3 Å². The third-order valence-corrected chi connectivity index (χ3v) is 3.71. The van der Waals surface area contributed by atoms with Gasteiger partial charge in [0, 0.05) is 24.7 Å². The van der Waals surface area contributed by atoms with Gasteiger partial charge in [0.2, 0.25) is 5.78 Å². The minimum absolute atomic E-state index is 0.0913. The Morgan fingerprint density at radius 2 is 2.56 bits per heavy atom. The SMILES string of the molecule is O=C(CN1CCC[C@H](CO)C1)c1nccs1. The van der Waals surface area contributed by atoms with E-state index in [1.165, 1.54) is 11.3 Å². The van der Waals surface area contributed by atoms with Gasteiger partial charge in [-0.2, -0.15) is 0 Å². The fourth-order valence-electron chi connectivity index (χ4n) is 2.08. The third kappa shape index (κ3) is 2.87. The molecule has 2 rings (SSSR count). The summed E-state index contributed by atoms with van der Waals surface area (Å²) in [4.78, 5) is 17.9. The quantitative estimate of drug-likeness (QED) is 0.799. The zero-order valence-electron chi connectivity index (χ0n) is 9.13. The number of hydrogen-bond donors (Lipinski definition) is 1. The Labute approximate surface area is 98.9 Å². The molecule has 2 heterocycles. The number of aliphatic hydroxyl groups is 1. The molecular weight excluding hydrogens is 224 g/mol. The highest BCUT2D eigenvalue weighted by Crippen LogP contribution is 2.16. The van der Waals surface area contributed by atoms with E-state index in [9.17, 15) is 4.79 Å². The van der Waals surface area contributed by atoms with Crippen molar-refractivity contribution in [3.63, 3.8) is 0 Å². The number of Topliss-reactive ketones (excluding diaryl/α,β-unsaturated/α-hetero) is 1. The molecule has 0 aliphatic carbocycles. The first-order valence-corrected chi connectivity index (χ1v) is 6.43. The Bertz CT molecular complexity index is 340. The standard InChI is InChI=1S/C11H16N2O2S/c14-8-9-2-1-4-13(6-9)7-10(15)11-12-3-5-16-11/h3,5,9,14H,1-2,4,6-8H2/t9-/m0/s1. The van der Waals surface area contributed by atoms with Crippen LogP contribution in [-0.2, 0) is 0 Å². The van der Waals surface area contributed by atoms with Gasteiger partial charge in [-0.25, -0.2) is 4.98 Å². The molecule has 1 saturated heterocycles. The lowest BCUT2D eigenvalue weighted by Gasteiger charge is -2.30. The lowest BCUT2D eigenvalue weighted by molar-refractivity contribution is 0.0833. The van der Waals surface area contributed by atoms with Crippen molar-refractivity contribution in [3.8, 4) is 0 Å². The van der Waals surface area contributed by atoms with Crippen LogP contribution < -0.4 is 0 Å². The third-order valence-electron chi connectivity index (χ3n) is 2.90. The van der Waals surface area contributed by atoms with Crippen molar-refractivity contribution >= 4 is 17.1 Å². The van der Waals surface area contributed by atoms with E-state index in [0.717, 1.165) is 25.9 Å². The van der Waals surface area contributed by atoms with Crippen LogP contribution in [0.25, 0.3) is 0 Å². The maximum atomic E-state index is 11.8. The van der Waals surface area contributed by atoms with Gasteiger partial charge in [-0.1, -0.05) is 0 Å². The maximum absolute atomic E-state index is 11.8. The molecule has 0 radical (unpaired) electrons. The van der Waals surface area contributed by atoms with E-state index in [2.05, 4.69) is 9.88 Å². The molecule has 5 heteroatoms. The molecule has 0 amide bonds. The monoisotopic (exact) mass is 240 g/mol. The highest BCUT2D eigenvalue weighted by atomic mass is 32.1. The molecule has 1 aromatic heterocycles. The fraction of sp³-hybridized carbons (Fsp3) is 0.636. The van der Waals surface area contributed by atoms with Crippen LogP contribution in [0.2, 0.25) is 0 Å². The second-order valence-electron chi connectivity index (χ2n) is 4.19. The molecule has 1 fully saturated rings. The lowest BCUT2D eigenvalue weighted by Crippen LogP contribution is -2.39. The van der Waals surface area contributed by atoms with Crippen LogP contribution in [0.3, 0.4) is 0 Å². The molecule has 88 valence electrons. The zero-order valence-corrected chi connectivity index (χ0v) is 9.95. The van der Waals surface area contributed by atoms with Crippen LogP contribution in [0, 0.1) is 5.92 Å². The molecule has 16 heavy (non-hydrogen) atoms. The zero-order chi connectivity index (χ0) is 11.4. The highest BCUT2D eigenvalue weighted by Gasteiger charge is 2.21. The maximum Gasteiger partial charge on any atom is 0.205 e. The summed E-state index contributed by atoms with van der Waals surface area (Å²) in [7, 11) is 0. The second-order valence-corrected chi connectivity index (χ2v) is 5.08. The summed E-state index contributed by atoms with van der Waals surface area (Å²) in [5, 5.41) is 11.5. The second kappa shape index (κ2) is 5.52. The van der Waals surface area contributed by atoms with Crippen molar-refractivity contribution in [1.29, 1.82) is 0 Å². The van der Waals surface area contributed by atoms with Crippen LogP contribution in [0.5, 0.6) is 0 Å². The van der Waals surface area contributed by atoms with Crippen molar-refractivity contribution in [3.05, 3.63) is 16.6 Å². The number of likely N-dealkylation sites (tertiary alicyclic amines) is 1. The van der Waals surface area contributed by atoms with Gasteiger partial charge >= 0.3 is 0 Å². The Balaban J connectivity index is 1.87. The van der Waals surface area contributed by atoms with Gasteiger partial charge in [-0.05, 0) is 25.3 Å². The molecule has 1 aliphatic rings. The average Bonchev–Trinajstić information content (AvgIpc) is 2.83. The van der Waals surface area contributed by atoms with E-state index in [1.54, 1.807) is 6.20 Å². The first kappa shape index (κ1) is 11.7. The number of carbonyl (C=O) groups is 1. The van der Waals surface area contributed by atoms with E-state index in [-0.39, 0.29) is 12.4 Å². The van der Waals surface area contributed by atoms with Crippen LogP contribution in [0.1, 0.15) is 22.6 Å². The Hall–Kier alpha value is -0.780. The van der Waals surface area contributed by atoms with Gasteiger partial charge in [0.25, 0.3) is 0 Å². The number of aliphatic hydroxyl groups excluding tert-OH is 1. The summed E-state index contributed by atoms with van der Waals surface area (Å²) >= 11 is 1.39. The fourth-order valence-corrected chi connectivity index (χ4v) is 2.64. The van der Waals surface area contributed by atoms with Gasteiger partial charge in [-0.3, -0.25) is 9.69 Å². The normalized spacial score (nSPS) is 22.2. The molecule has 4 nitrogen and oxygen atoms in total. The predicted molar refractivity (Wildman–Crippen MR) is 62.7 cm³/mol. The first-order valence-electron chi connectivity index (χ1n) is 5.55. The first-order chi connectivity index (χ1) is 7.79. The highest BCUT2D eigenvalue weighted by molar-refractivity contribution is 7.11. The average molecular weight is 240 g/mol. The molecule has 0 saturated carbocycles. The topological polar surface area (TPSA) is 53.4 Å². The minimum atomic E-state index is 0.0913. The molecule has 0 unspecified atom stereocenters. The van der Waals surface area contributed by atoms with Gasteiger partial charge < -0.3 is 5.11 Å². The summed E-state index contributed by atoms with van der Waals surface area (Å²) in [6.45, 7) is 2.44. The summed E-state index contributed by atoms with van der Waals surface area (Å²) in [5.41, 5.74) is 0. The summed E-state index contributed by atoms with van der Waals surface area (Å²) in [6.07, 6.45) is 3.79. The van der Waals surface area contributed by atoms with E-state index < -0.39 is 0 Å². The van der Waals surface area contributed by atoms with Gasteiger partial charge in [0.05, 0.1) is 6.54 Å². The number of ketones is 1. The van der Waals surface area contributed by atoms with E-state index in [0.29, 0.717) is 17.5 Å². The van der Waals surface area contributed by atoms with E-state index in [4.69, 9.17) is 5.11 Å². The number of carbonyl (C=O) groups excluding carboxylic acids is 1. The van der Waals surface area contributed by atoms with Crippen molar-refractivity contribution in [2.75, 3.05) is 26.2 Å². The number of hydrogen-bond acceptors (Lipinski definition) is 5. The largest absolute Gasteiger partial charge is 0.396 e. The Kier molecular flexibility index (Phi) is 4.04. The Morgan fingerprint density at radius 3 is 3.25 bits per heavy atom. The van der Waals surface area contributed by atoms with Crippen molar-refractivity contribution < 1.29 is 9.90 Å². The van der Waals surface area contributed by atoms with Crippen LogP contribution in [0.15, 0.2) is 11.6 Å². The molecule has 1 aliphatic heterocycles. The minimum Gasteiger partial charge on any atom is -0.396 e. The van der Waals surface area contributed by atoms with E-state index in [1.807, 2.05) is 5.38 Å². The predicted octanol–water partition coefficient (Wildman–Crippen LogP) is 1.03. The van der Waals surface area contributed by atoms with Crippen molar-refractivity contribution in [2.45, 2.75) is 12.8 Å². The summed E-state index contributed by atoms with van der Waals surface area (Å²) < 4.78 is 0. The number of rotatable bonds is 4. The number of thiazole rings is 1. The molecule has 0 aromatic carbocycles. The summed E-state index contributed by atoms with van der Waals surface area (Å²) in [6, 6.07) is 0. The van der Waals surface area contributed by atoms with Gasteiger partial charge in [0.15, 0.2) is 5.01 Å². The van der Waals surface area contributed by atoms with Crippen molar-refractivity contribution in [2.24, 2.45) is 5.92 Å². The number of aromatic nitrogens is 1. The number of nitrogens with zero attached hydrogens (tertiary/aromatic N) is 2. The molecule has 0 bridgehead atoms.